The minimum Gasteiger partial charge on any atom is -0.463 e. The standard InChI is InChI=1S/C12H23NO3/c1-9(2)16-11(15)6-7-13-10(14)8-12(3,4)5/h9H,6-8H2,1-5H3,(H,13,14). The molecule has 0 saturated heterocycles. The van der Waals surface area contributed by atoms with Crippen LogP contribution in [0.4, 0.5) is 0 Å². The van der Waals surface area contributed by atoms with E-state index in [1.807, 2.05) is 20.8 Å². The first-order valence-electron chi connectivity index (χ1n) is 5.67. The van der Waals surface area contributed by atoms with Crippen LogP contribution in [0.5, 0.6) is 0 Å². The largest absolute Gasteiger partial charge is 0.463 e. The second-order valence-electron chi connectivity index (χ2n) is 5.38. The molecule has 94 valence electrons. The van der Waals surface area contributed by atoms with Crippen molar-refractivity contribution in [1.29, 1.82) is 0 Å². The first-order chi connectivity index (χ1) is 7.20. The van der Waals surface area contributed by atoms with Crippen molar-refractivity contribution in [3.05, 3.63) is 0 Å². The van der Waals surface area contributed by atoms with Crippen LogP contribution in [0.1, 0.15) is 47.5 Å². The molecule has 0 aromatic rings. The van der Waals surface area contributed by atoms with Crippen molar-refractivity contribution >= 4 is 11.9 Å². The number of amides is 1. The maximum absolute atomic E-state index is 11.4. The normalized spacial score (nSPS) is 11.4. The fourth-order valence-corrected chi connectivity index (χ4v) is 1.17. The van der Waals surface area contributed by atoms with Gasteiger partial charge in [-0.2, -0.15) is 0 Å². The summed E-state index contributed by atoms with van der Waals surface area (Å²) in [5.74, 6) is -0.295. The lowest BCUT2D eigenvalue weighted by atomic mass is 9.92. The van der Waals surface area contributed by atoms with E-state index in [2.05, 4.69) is 5.32 Å². The van der Waals surface area contributed by atoms with E-state index in [0.717, 1.165) is 0 Å². The highest BCUT2D eigenvalue weighted by Crippen LogP contribution is 2.17. The molecule has 0 aliphatic heterocycles. The minimum absolute atomic E-state index is 0.0233. The zero-order chi connectivity index (χ0) is 12.8. The summed E-state index contributed by atoms with van der Waals surface area (Å²) in [6, 6.07) is 0. The molecule has 0 fully saturated rings. The Morgan fingerprint density at radius 1 is 1.25 bits per heavy atom. The van der Waals surface area contributed by atoms with Crippen LogP contribution in [0.25, 0.3) is 0 Å². The lowest BCUT2D eigenvalue weighted by molar-refractivity contribution is -0.147. The van der Waals surface area contributed by atoms with Crippen LogP contribution in [0.15, 0.2) is 0 Å². The molecule has 0 aliphatic rings. The summed E-state index contributed by atoms with van der Waals surface area (Å²) in [7, 11) is 0. The molecule has 0 radical (unpaired) electrons. The van der Waals surface area contributed by atoms with Gasteiger partial charge < -0.3 is 10.1 Å². The number of nitrogens with one attached hydrogen (secondary N) is 1. The Labute approximate surface area is 97.7 Å². The summed E-state index contributed by atoms with van der Waals surface area (Å²) in [5.41, 5.74) is -0.0253. The molecule has 1 N–H and O–H groups in total. The number of carbonyl (C=O) groups is 2. The third kappa shape index (κ3) is 9.49. The van der Waals surface area contributed by atoms with Crippen LogP contribution < -0.4 is 5.32 Å². The lowest BCUT2D eigenvalue weighted by Crippen LogP contribution is -2.30. The van der Waals surface area contributed by atoms with Crippen molar-refractivity contribution in [2.45, 2.75) is 53.6 Å². The van der Waals surface area contributed by atoms with Gasteiger partial charge in [-0.3, -0.25) is 9.59 Å². The van der Waals surface area contributed by atoms with E-state index >= 15 is 0 Å². The maximum Gasteiger partial charge on any atom is 0.307 e. The van der Waals surface area contributed by atoms with Gasteiger partial charge in [0.25, 0.3) is 0 Å². The van der Waals surface area contributed by atoms with Gasteiger partial charge in [-0.25, -0.2) is 0 Å². The predicted molar refractivity (Wildman–Crippen MR) is 62.9 cm³/mol. The number of esters is 1. The Balaban J connectivity index is 3.66. The molecule has 0 heterocycles. The van der Waals surface area contributed by atoms with Gasteiger partial charge in [-0.1, -0.05) is 20.8 Å². The molecule has 0 aromatic heterocycles. The molecule has 0 atom stereocenters. The van der Waals surface area contributed by atoms with Gasteiger partial charge >= 0.3 is 5.97 Å². The Morgan fingerprint density at radius 2 is 1.81 bits per heavy atom. The van der Waals surface area contributed by atoms with Crippen molar-refractivity contribution in [3.63, 3.8) is 0 Å². The molecular weight excluding hydrogens is 206 g/mol. The maximum atomic E-state index is 11.4. The minimum atomic E-state index is -0.272. The molecule has 0 saturated carbocycles. The fourth-order valence-electron chi connectivity index (χ4n) is 1.17. The van der Waals surface area contributed by atoms with Crippen LogP contribution in [0, 0.1) is 5.41 Å². The quantitative estimate of drug-likeness (QED) is 0.732. The molecule has 0 aliphatic carbocycles. The van der Waals surface area contributed by atoms with Gasteiger partial charge in [-0.05, 0) is 19.3 Å². The second-order valence-corrected chi connectivity index (χ2v) is 5.38. The van der Waals surface area contributed by atoms with Crippen molar-refractivity contribution in [2.75, 3.05) is 6.54 Å². The Bertz CT molecular complexity index is 241. The number of hydrogen-bond acceptors (Lipinski definition) is 3. The van der Waals surface area contributed by atoms with E-state index in [1.54, 1.807) is 13.8 Å². The summed E-state index contributed by atoms with van der Waals surface area (Å²) in [4.78, 5) is 22.5. The predicted octanol–water partition coefficient (Wildman–Crippen LogP) is 1.88. The summed E-state index contributed by atoms with van der Waals surface area (Å²) in [6.45, 7) is 9.95. The molecule has 1 amide bonds. The number of carbonyl (C=O) groups excluding carboxylic acids is 2. The number of rotatable bonds is 5. The highest BCUT2D eigenvalue weighted by atomic mass is 16.5. The van der Waals surface area contributed by atoms with Crippen LogP contribution >= 0.6 is 0 Å². The van der Waals surface area contributed by atoms with Crippen molar-refractivity contribution in [1.82, 2.24) is 5.32 Å². The molecular formula is C12H23NO3. The van der Waals surface area contributed by atoms with E-state index in [-0.39, 0.29) is 29.8 Å². The van der Waals surface area contributed by atoms with Gasteiger partial charge in [-0.15, -0.1) is 0 Å². The molecule has 0 rings (SSSR count). The second kappa shape index (κ2) is 6.51. The van der Waals surface area contributed by atoms with Crippen LogP contribution in [0.3, 0.4) is 0 Å². The first-order valence-corrected chi connectivity index (χ1v) is 5.67. The topological polar surface area (TPSA) is 55.4 Å². The third-order valence-electron chi connectivity index (χ3n) is 1.71. The molecule has 16 heavy (non-hydrogen) atoms. The number of hydrogen-bond donors (Lipinski definition) is 1. The number of ether oxygens (including phenoxy) is 1. The lowest BCUT2D eigenvalue weighted by Gasteiger charge is -2.17. The van der Waals surface area contributed by atoms with Crippen molar-refractivity contribution in [2.24, 2.45) is 5.41 Å². The van der Waals surface area contributed by atoms with Crippen molar-refractivity contribution < 1.29 is 14.3 Å². The van der Waals surface area contributed by atoms with E-state index in [1.165, 1.54) is 0 Å². The summed E-state index contributed by atoms with van der Waals surface area (Å²) in [5, 5.41) is 2.70. The fraction of sp³-hybridized carbons (Fsp3) is 0.833. The molecule has 0 aromatic carbocycles. The summed E-state index contributed by atoms with van der Waals surface area (Å²) >= 11 is 0. The van der Waals surface area contributed by atoms with E-state index in [4.69, 9.17) is 4.74 Å². The van der Waals surface area contributed by atoms with E-state index < -0.39 is 0 Å². The Hall–Kier alpha value is -1.06. The molecule has 0 bridgehead atoms. The third-order valence-corrected chi connectivity index (χ3v) is 1.71. The summed E-state index contributed by atoms with van der Waals surface area (Å²) in [6.07, 6.45) is 0.595. The van der Waals surface area contributed by atoms with Crippen LogP contribution in [0.2, 0.25) is 0 Å². The van der Waals surface area contributed by atoms with E-state index in [9.17, 15) is 9.59 Å². The van der Waals surface area contributed by atoms with E-state index in [0.29, 0.717) is 13.0 Å². The average molecular weight is 229 g/mol. The Kier molecular flexibility index (Phi) is 6.08. The molecule has 4 heteroatoms. The highest BCUT2D eigenvalue weighted by Gasteiger charge is 2.15. The highest BCUT2D eigenvalue weighted by molar-refractivity contribution is 5.77. The zero-order valence-electron chi connectivity index (χ0n) is 10.9. The smallest absolute Gasteiger partial charge is 0.307 e. The molecule has 4 nitrogen and oxygen atoms in total. The zero-order valence-corrected chi connectivity index (χ0v) is 10.9. The van der Waals surface area contributed by atoms with Crippen LogP contribution in [-0.4, -0.2) is 24.5 Å². The van der Waals surface area contributed by atoms with Gasteiger partial charge in [0, 0.05) is 13.0 Å². The monoisotopic (exact) mass is 229 g/mol. The molecule has 0 spiro atoms. The average Bonchev–Trinajstić information content (AvgIpc) is 1.98. The van der Waals surface area contributed by atoms with Gasteiger partial charge in [0.1, 0.15) is 0 Å². The first kappa shape index (κ1) is 14.9. The van der Waals surface area contributed by atoms with Gasteiger partial charge in [0.2, 0.25) is 5.91 Å². The van der Waals surface area contributed by atoms with Crippen molar-refractivity contribution in [3.8, 4) is 0 Å². The SMILES string of the molecule is CC(C)OC(=O)CCNC(=O)CC(C)(C)C. The van der Waals surface area contributed by atoms with Crippen LogP contribution in [-0.2, 0) is 14.3 Å². The summed E-state index contributed by atoms with van der Waals surface area (Å²) < 4.78 is 4.94. The Morgan fingerprint density at radius 3 is 2.25 bits per heavy atom. The molecule has 0 unspecified atom stereocenters. The van der Waals surface area contributed by atoms with Gasteiger partial charge in [0.05, 0.1) is 12.5 Å². The van der Waals surface area contributed by atoms with Gasteiger partial charge in [0.15, 0.2) is 0 Å².